The van der Waals surface area contributed by atoms with Gasteiger partial charge in [0.2, 0.25) is 0 Å². The molecule has 0 aliphatic rings. The molecule has 2 aromatic carbocycles. The molecule has 7 nitrogen and oxygen atoms in total. The molecule has 0 fully saturated rings. The van der Waals surface area contributed by atoms with Crippen LogP contribution in [-0.2, 0) is 0 Å². The van der Waals surface area contributed by atoms with Crippen LogP contribution in [-0.4, -0.2) is 0 Å². The van der Waals surface area contributed by atoms with Crippen molar-refractivity contribution in [3.8, 4) is 5.69 Å². The maximum atomic E-state index is 8.49. The predicted octanol–water partition coefficient (Wildman–Crippen LogP) is -1.41. The fourth-order valence-corrected chi connectivity index (χ4v) is 2.63. The highest BCUT2D eigenvalue weighted by Crippen LogP contribution is 2.24. The molecule has 0 unspecified atom stereocenters. The monoisotopic (exact) mass is 372 g/mol. The van der Waals surface area contributed by atoms with E-state index in [9.17, 15) is 0 Å². The van der Waals surface area contributed by atoms with Crippen LogP contribution in [0.3, 0.4) is 0 Å². The van der Waals surface area contributed by atoms with Crippen LogP contribution in [0.5, 0.6) is 0 Å². The summed E-state index contributed by atoms with van der Waals surface area (Å²) < 4.78 is 41.6. The molecule has 0 amide bonds. The van der Waals surface area contributed by atoms with Crippen molar-refractivity contribution in [3.05, 3.63) is 78.6 Å². The lowest BCUT2D eigenvalue weighted by Crippen LogP contribution is -2.68. The van der Waals surface area contributed by atoms with Gasteiger partial charge < -0.3 is 4.42 Å². The van der Waals surface area contributed by atoms with Gasteiger partial charge in [-0.15, -0.1) is 10.2 Å². The first-order chi connectivity index (χ1) is 12.3. The van der Waals surface area contributed by atoms with E-state index in [1.54, 1.807) is 0 Å². The van der Waals surface area contributed by atoms with Gasteiger partial charge in [0.1, 0.15) is 5.58 Å². The molecule has 4 aromatic rings. The van der Waals surface area contributed by atoms with Crippen LogP contribution < -0.4 is 28.8 Å². The van der Waals surface area contributed by atoms with Gasteiger partial charge in [-0.2, -0.15) is 4.57 Å². The number of nitrogens with zero attached hydrogens (tertiary/aromatic N) is 1. The highest BCUT2D eigenvalue weighted by molar-refractivity contribution is 6.05. The minimum absolute atomic E-state index is 0.161. The van der Waals surface area contributed by atoms with Crippen LogP contribution in [0.25, 0.3) is 27.4 Å². The van der Waals surface area contributed by atoms with E-state index in [-0.39, 0.29) is 5.55 Å². The highest BCUT2D eigenvalue weighted by atomic mass is 35.7. The molecule has 26 heavy (non-hydrogen) atoms. The molecular weight excluding hydrogens is 360 g/mol. The first-order valence-corrected chi connectivity index (χ1v) is 8.65. The van der Waals surface area contributed by atoms with E-state index >= 15 is 0 Å². The van der Waals surface area contributed by atoms with E-state index in [0.717, 1.165) is 22.0 Å². The predicted molar refractivity (Wildman–Crippen MR) is 81.1 cm³/mol. The number of hydrogen-bond donors (Lipinski definition) is 1. The topological polar surface area (TPSA) is 133 Å². The molecule has 4 rings (SSSR count). The Morgan fingerprint density at radius 3 is 2.15 bits per heavy atom. The Labute approximate surface area is 149 Å². The molecule has 0 saturated carbocycles. The fraction of sp³-hybridized carbons (Fsp3) is 0. The molecule has 0 bridgehead atoms. The van der Waals surface area contributed by atoms with Crippen molar-refractivity contribution in [3.63, 3.8) is 0 Å². The third-order valence-corrected chi connectivity index (χ3v) is 3.65. The van der Waals surface area contributed by atoms with Crippen molar-refractivity contribution in [1.29, 1.82) is 5.41 Å². The lowest BCUT2D eigenvalue weighted by Gasteiger charge is -2.17. The van der Waals surface area contributed by atoms with E-state index < -0.39 is 10.2 Å². The van der Waals surface area contributed by atoms with Gasteiger partial charge >= 0.3 is 0 Å². The quantitative estimate of drug-likeness (QED) is 0.323. The molecule has 1 N–H and O–H groups in total. The van der Waals surface area contributed by atoms with Crippen LogP contribution in [0.1, 0.15) is 0 Å². The van der Waals surface area contributed by atoms with E-state index in [2.05, 4.69) is 12.1 Å². The first-order valence-electron chi connectivity index (χ1n) is 7.41. The summed E-state index contributed by atoms with van der Waals surface area (Å²) in [5, 5.41) is 11.4. The molecule has 2 heterocycles. The van der Waals surface area contributed by atoms with Gasteiger partial charge in [-0.3, -0.25) is 5.41 Å². The number of pyridine rings is 1. The lowest BCUT2D eigenvalue weighted by molar-refractivity contribution is -2.00. The zero-order chi connectivity index (χ0) is 18.7. The van der Waals surface area contributed by atoms with Crippen molar-refractivity contribution in [2.24, 2.45) is 0 Å². The van der Waals surface area contributed by atoms with Gasteiger partial charge in [-0.25, -0.2) is 18.6 Å². The van der Waals surface area contributed by atoms with Crippen LogP contribution in [0, 0.1) is 15.7 Å². The Morgan fingerprint density at radius 1 is 0.808 bits per heavy atom. The fourth-order valence-electron chi connectivity index (χ4n) is 2.63. The second-order valence-electron chi connectivity index (χ2n) is 5.32. The summed E-state index contributed by atoms with van der Waals surface area (Å²) in [7, 11) is -4.94. The van der Waals surface area contributed by atoms with Crippen molar-refractivity contribution >= 4 is 21.7 Å². The summed E-state index contributed by atoms with van der Waals surface area (Å²) in [5.74, 6) is 0. The van der Waals surface area contributed by atoms with Crippen molar-refractivity contribution < 1.29 is 37.9 Å². The third kappa shape index (κ3) is 4.23. The maximum absolute atomic E-state index is 8.49. The molecule has 132 valence electrons. The van der Waals surface area contributed by atoms with Gasteiger partial charge in [0, 0.05) is 23.6 Å². The summed E-state index contributed by atoms with van der Waals surface area (Å²) in [5.41, 5.74) is 1.63. The Kier molecular flexibility index (Phi) is 4.99. The third-order valence-electron chi connectivity index (χ3n) is 3.65. The Balaban J connectivity index is 0.000000349. The number of aromatic nitrogens is 1. The van der Waals surface area contributed by atoms with Crippen LogP contribution in [0.2, 0.25) is 0 Å². The number of nitrogens with one attached hydrogen (secondary N) is 1. The van der Waals surface area contributed by atoms with Gasteiger partial charge in [-0.05, 0) is 16.8 Å². The molecule has 8 heteroatoms. The standard InChI is InChI=1S/C18H13N2O.ClHO4/c19-18-16(20-10-4-1-5-11-20)12-15-14-7-3-2-6-13(14)8-9-17(15)21-18;2-1(3,4)5/h1-12,19H;(H,2,3,4,5)/q+1;/p-1. The van der Waals surface area contributed by atoms with Crippen LogP contribution in [0.15, 0.2) is 77.5 Å². The van der Waals surface area contributed by atoms with E-state index in [1.807, 2.05) is 65.5 Å². The number of halogens is 1. The zero-order valence-corrected chi connectivity index (χ0v) is 14.1. The molecule has 0 spiro atoms. The van der Waals surface area contributed by atoms with Crippen molar-refractivity contribution in [2.75, 3.05) is 0 Å². The Hall–Kier alpha value is -2.81. The molecular formula is C18H13ClN2O5. The molecule has 2 aromatic heterocycles. The number of rotatable bonds is 1. The zero-order valence-electron chi connectivity index (χ0n) is 13.3. The Morgan fingerprint density at radius 2 is 1.46 bits per heavy atom. The molecule has 0 radical (unpaired) electrons. The number of hydrogen-bond acceptors (Lipinski definition) is 6. The summed E-state index contributed by atoms with van der Waals surface area (Å²) in [6.45, 7) is 0. The lowest BCUT2D eigenvalue weighted by atomic mass is 10.1. The largest absolute Gasteiger partial charge is 0.434 e. The van der Waals surface area contributed by atoms with E-state index in [4.69, 9.17) is 28.5 Å². The van der Waals surface area contributed by atoms with Crippen LogP contribution in [0.4, 0.5) is 0 Å². The van der Waals surface area contributed by atoms with Gasteiger partial charge in [0.25, 0.3) is 11.2 Å². The molecule has 0 aliphatic carbocycles. The average molecular weight is 373 g/mol. The van der Waals surface area contributed by atoms with Gasteiger partial charge in [-0.1, -0.05) is 36.4 Å². The second-order valence-corrected chi connectivity index (χ2v) is 6.08. The van der Waals surface area contributed by atoms with E-state index in [1.165, 1.54) is 5.39 Å². The maximum Gasteiger partial charge on any atom is 0.286 e. The normalized spacial score (nSPS) is 11.2. The van der Waals surface area contributed by atoms with Gasteiger partial charge in [0.05, 0.1) is 0 Å². The molecule has 0 saturated heterocycles. The summed E-state index contributed by atoms with van der Waals surface area (Å²) in [6.07, 6.45) is 3.83. The number of benzene rings is 2. The first kappa shape index (κ1) is 18.0. The van der Waals surface area contributed by atoms with Gasteiger partial charge in [0.15, 0.2) is 12.4 Å². The Bertz CT molecular complexity index is 1100. The number of fused-ring (bicyclic) bond motifs is 3. The minimum atomic E-state index is -4.94. The summed E-state index contributed by atoms with van der Waals surface area (Å²) >= 11 is 0. The van der Waals surface area contributed by atoms with Crippen molar-refractivity contribution in [2.45, 2.75) is 0 Å². The smallest absolute Gasteiger partial charge is 0.286 e. The summed E-state index contributed by atoms with van der Waals surface area (Å²) in [4.78, 5) is 0. The second kappa shape index (κ2) is 7.20. The van der Waals surface area contributed by atoms with E-state index in [0.29, 0.717) is 0 Å². The summed E-state index contributed by atoms with van der Waals surface area (Å²) in [6, 6.07) is 20.0. The van der Waals surface area contributed by atoms with Crippen molar-refractivity contribution in [1.82, 2.24) is 0 Å². The van der Waals surface area contributed by atoms with Crippen LogP contribution >= 0.6 is 0 Å². The minimum Gasteiger partial charge on any atom is -0.434 e. The molecule has 0 atom stereocenters. The highest BCUT2D eigenvalue weighted by Gasteiger charge is 2.13. The average Bonchev–Trinajstić information content (AvgIpc) is 2.60. The SMILES string of the molecule is N=c1oc2ccc3ccccc3c2cc1-[n+]1ccccc1.[O-][Cl+3]([O-])([O-])[O-]. The molecule has 0 aliphatic heterocycles.